The Morgan fingerprint density at radius 2 is 2.09 bits per heavy atom. The van der Waals surface area contributed by atoms with Crippen LogP contribution in [0, 0.1) is 0 Å². The van der Waals surface area contributed by atoms with E-state index in [-0.39, 0.29) is 29.6 Å². The fraction of sp³-hybridized carbons (Fsp3) is 0.312. The molecule has 1 saturated carbocycles. The summed E-state index contributed by atoms with van der Waals surface area (Å²) >= 11 is 3.32. The second kappa shape index (κ2) is 6.16. The maximum Gasteiger partial charge on any atom is 0.325 e. The van der Waals surface area contributed by atoms with Crippen LogP contribution >= 0.6 is 15.9 Å². The molecule has 1 aromatic carbocycles. The third kappa shape index (κ3) is 3.29. The Morgan fingerprint density at radius 3 is 2.74 bits per heavy atom. The molecule has 0 aliphatic heterocycles. The molecule has 7 heteroatoms. The van der Waals surface area contributed by atoms with Crippen LogP contribution in [0.4, 0.5) is 0 Å². The summed E-state index contributed by atoms with van der Waals surface area (Å²) < 4.78 is 5.43. The summed E-state index contributed by atoms with van der Waals surface area (Å²) in [5.41, 5.74) is 0.524. The highest BCUT2D eigenvalue weighted by Crippen LogP contribution is 2.28. The minimum absolute atomic E-state index is 0.0331. The molecule has 0 atom stereocenters. The zero-order valence-electron chi connectivity index (χ0n) is 12.5. The third-order valence-corrected chi connectivity index (χ3v) is 4.29. The van der Waals surface area contributed by atoms with Crippen molar-refractivity contribution >= 4 is 38.7 Å². The Labute approximate surface area is 140 Å². The number of aromatic nitrogens is 1. The molecule has 1 aliphatic carbocycles. The fourth-order valence-electron chi connectivity index (χ4n) is 2.45. The predicted molar refractivity (Wildman–Crippen MR) is 88.3 cm³/mol. The van der Waals surface area contributed by atoms with E-state index in [4.69, 9.17) is 0 Å². The molecule has 2 aromatic rings. The van der Waals surface area contributed by atoms with Gasteiger partial charge < -0.3 is 14.6 Å². The molecule has 0 bridgehead atoms. The lowest BCUT2D eigenvalue weighted by Crippen LogP contribution is -2.38. The van der Waals surface area contributed by atoms with Crippen molar-refractivity contribution in [1.29, 1.82) is 0 Å². The van der Waals surface area contributed by atoms with Crippen LogP contribution < -0.4 is 5.43 Å². The number of fused-ring (bicyclic) bond motifs is 1. The van der Waals surface area contributed by atoms with Gasteiger partial charge in [-0.15, -0.1) is 0 Å². The number of esters is 1. The number of carbonyl (C=O) groups is 2. The summed E-state index contributed by atoms with van der Waals surface area (Å²) in [6, 6.07) is 6.55. The van der Waals surface area contributed by atoms with E-state index in [0.717, 1.165) is 17.3 Å². The maximum absolute atomic E-state index is 12.7. The molecule has 0 radical (unpaired) electrons. The number of amides is 1. The number of aromatic amines is 1. The Balaban J connectivity index is 1.97. The minimum atomic E-state index is -0.475. The van der Waals surface area contributed by atoms with Crippen molar-refractivity contribution in [2.24, 2.45) is 0 Å². The number of nitrogens with one attached hydrogen (secondary N) is 1. The van der Waals surface area contributed by atoms with Gasteiger partial charge in [-0.25, -0.2) is 0 Å². The number of hydrogen-bond donors (Lipinski definition) is 1. The largest absolute Gasteiger partial charge is 0.468 e. The molecular formula is C16H15BrN2O4. The topological polar surface area (TPSA) is 79.5 Å². The molecule has 1 heterocycles. The van der Waals surface area contributed by atoms with Crippen molar-refractivity contribution in [3.05, 3.63) is 44.7 Å². The molecule has 1 aromatic heterocycles. The second-order valence-corrected chi connectivity index (χ2v) is 6.39. The van der Waals surface area contributed by atoms with Crippen LogP contribution in [0.2, 0.25) is 0 Å². The molecule has 1 amide bonds. The van der Waals surface area contributed by atoms with Crippen LogP contribution in [-0.2, 0) is 9.53 Å². The zero-order valence-corrected chi connectivity index (χ0v) is 14.1. The number of hydrogen-bond acceptors (Lipinski definition) is 4. The first-order valence-corrected chi connectivity index (χ1v) is 7.99. The number of methoxy groups -OCH3 is 1. The SMILES string of the molecule is COC(=O)CN(C(=O)c1cc(=O)c2cc(Br)ccc2[nH]1)C1CC1. The number of H-pyrrole nitrogens is 1. The summed E-state index contributed by atoms with van der Waals surface area (Å²) in [6.07, 6.45) is 1.71. The van der Waals surface area contributed by atoms with Crippen LogP contribution in [0.15, 0.2) is 33.5 Å². The average molecular weight is 379 g/mol. The van der Waals surface area contributed by atoms with Gasteiger partial charge in [0.2, 0.25) is 0 Å². The number of carbonyl (C=O) groups excluding carboxylic acids is 2. The molecule has 1 aliphatic rings. The summed E-state index contributed by atoms with van der Waals surface area (Å²) in [5.74, 6) is -0.836. The van der Waals surface area contributed by atoms with Crippen molar-refractivity contribution in [3.8, 4) is 0 Å². The van der Waals surface area contributed by atoms with Crippen LogP contribution in [-0.4, -0.2) is 41.5 Å². The van der Waals surface area contributed by atoms with Crippen LogP contribution in [0.1, 0.15) is 23.3 Å². The monoisotopic (exact) mass is 378 g/mol. The number of ether oxygens (including phenoxy) is 1. The number of nitrogens with zero attached hydrogens (tertiary/aromatic N) is 1. The summed E-state index contributed by atoms with van der Waals surface area (Å²) in [6.45, 7) is -0.111. The first-order valence-electron chi connectivity index (χ1n) is 7.20. The highest BCUT2D eigenvalue weighted by molar-refractivity contribution is 9.10. The molecule has 120 valence electrons. The molecule has 0 saturated heterocycles. The van der Waals surface area contributed by atoms with Crippen molar-refractivity contribution in [2.45, 2.75) is 18.9 Å². The molecule has 1 N–H and O–H groups in total. The van der Waals surface area contributed by atoms with Gasteiger partial charge in [0, 0.05) is 27.5 Å². The van der Waals surface area contributed by atoms with Gasteiger partial charge in [-0.2, -0.15) is 0 Å². The highest BCUT2D eigenvalue weighted by atomic mass is 79.9. The first-order chi connectivity index (χ1) is 11.0. The standard InChI is InChI=1S/C16H15BrN2O4/c1-23-15(21)8-19(10-3-4-10)16(22)13-7-14(20)11-6-9(17)2-5-12(11)18-13/h2,5-7,10H,3-4,8H2,1H3,(H,18,20). The van der Waals surface area contributed by atoms with E-state index >= 15 is 0 Å². The average Bonchev–Trinajstić information content (AvgIpc) is 3.37. The smallest absolute Gasteiger partial charge is 0.325 e. The van der Waals surface area contributed by atoms with Crippen LogP contribution in [0.25, 0.3) is 10.9 Å². The molecule has 3 rings (SSSR count). The van der Waals surface area contributed by atoms with Gasteiger partial charge in [-0.05, 0) is 31.0 Å². The predicted octanol–water partition coefficient (Wildman–Crippen LogP) is 2.07. The Hall–Kier alpha value is -2.15. The van der Waals surface area contributed by atoms with E-state index in [0.29, 0.717) is 10.9 Å². The van der Waals surface area contributed by atoms with E-state index in [9.17, 15) is 14.4 Å². The van der Waals surface area contributed by atoms with Crippen molar-refractivity contribution < 1.29 is 14.3 Å². The molecular weight excluding hydrogens is 364 g/mol. The lowest BCUT2D eigenvalue weighted by atomic mass is 10.2. The van der Waals surface area contributed by atoms with E-state index in [2.05, 4.69) is 25.7 Å². The van der Waals surface area contributed by atoms with Gasteiger partial charge in [-0.1, -0.05) is 15.9 Å². The molecule has 6 nitrogen and oxygen atoms in total. The van der Waals surface area contributed by atoms with Gasteiger partial charge in [0.1, 0.15) is 12.2 Å². The number of pyridine rings is 1. The Kier molecular flexibility index (Phi) is 4.21. The van der Waals surface area contributed by atoms with Crippen molar-refractivity contribution in [2.75, 3.05) is 13.7 Å². The summed E-state index contributed by atoms with van der Waals surface area (Å²) in [4.78, 5) is 40.9. The van der Waals surface area contributed by atoms with Gasteiger partial charge in [0.25, 0.3) is 5.91 Å². The van der Waals surface area contributed by atoms with Gasteiger partial charge in [0.05, 0.1) is 7.11 Å². The second-order valence-electron chi connectivity index (χ2n) is 5.48. The Morgan fingerprint density at radius 1 is 1.35 bits per heavy atom. The number of benzene rings is 1. The highest BCUT2D eigenvalue weighted by Gasteiger charge is 2.35. The van der Waals surface area contributed by atoms with Crippen molar-refractivity contribution in [1.82, 2.24) is 9.88 Å². The lowest BCUT2D eigenvalue weighted by molar-refractivity contribution is -0.141. The lowest BCUT2D eigenvalue weighted by Gasteiger charge is -2.21. The van der Waals surface area contributed by atoms with E-state index in [1.165, 1.54) is 18.1 Å². The molecule has 23 heavy (non-hydrogen) atoms. The fourth-order valence-corrected chi connectivity index (χ4v) is 2.81. The van der Waals surface area contributed by atoms with Crippen LogP contribution in [0.3, 0.4) is 0 Å². The number of halogens is 1. The third-order valence-electron chi connectivity index (χ3n) is 3.80. The quantitative estimate of drug-likeness (QED) is 0.825. The molecule has 0 unspecified atom stereocenters. The van der Waals surface area contributed by atoms with Crippen LogP contribution in [0.5, 0.6) is 0 Å². The summed E-state index contributed by atoms with van der Waals surface area (Å²) in [5, 5.41) is 0.502. The van der Waals surface area contributed by atoms with E-state index < -0.39 is 5.97 Å². The van der Waals surface area contributed by atoms with E-state index in [1.54, 1.807) is 18.2 Å². The number of rotatable bonds is 4. The normalized spacial score (nSPS) is 13.8. The first kappa shape index (κ1) is 15.7. The van der Waals surface area contributed by atoms with E-state index in [1.807, 2.05) is 0 Å². The minimum Gasteiger partial charge on any atom is -0.468 e. The van der Waals surface area contributed by atoms with Crippen molar-refractivity contribution in [3.63, 3.8) is 0 Å². The Bertz CT molecular complexity index is 842. The zero-order chi connectivity index (χ0) is 16.6. The molecule has 0 spiro atoms. The molecule has 1 fully saturated rings. The van der Waals surface area contributed by atoms with Gasteiger partial charge >= 0.3 is 5.97 Å². The summed E-state index contributed by atoms with van der Waals surface area (Å²) in [7, 11) is 1.29. The van der Waals surface area contributed by atoms with Gasteiger partial charge in [-0.3, -0.25) is 14.4 Å². The van der Waals surface area contributed by atoms with Gasteiger partial charge in [0.15, 0.2) is 5.43 Å². The maximum atomic E-state index is 12.7.